The maximum atomic E-state index is 11.3. The van der Waals surface area contributed by atoms with Gasteiger partial charge in [0.15, 0.2) is 11.0 Å². The monoisotopic (exact) mass is 250 g/mol. The van der Waals surface area contributed by atoms with Crippen LogP contribution in [-0.2, 0) is 19.1 Å². The van der Waals surface area contributed by atoms with Gasteiger partial charge < -0.3 is 9.47 Å². The number of ether oxygens (including phenoxy) is 2. The van der Waals surface area contributed by atoms with Crippen molar-refractivity contribution in [1.82, 2.24) is 0 Å². The normalized spacial score (nSPS) is 11.7. The smallest absolute Gasteiger partial charge is 0.327 e. The molecule has 15 heavy (non-hydrogen) atoms. The van der Waals surface area contributed by atoms with E-state index >= 15 is 0 Å². The molecule has 0 aliphatic heterocycles. The third kappa shape index (κ3) is 5.74. The van der Waals surface area contributed by atoms with Gasteiger partial charge in [0.2, 0.25) is 4.38 Å². The van der Waals surface area contributed by atoms with Crippen molar-refractivity contribution in [2.75, 3.05) is 13.2 Å². The molecule has 0 fully saturated rings. The standard InChI is InChI=1S/C9H14O4S2/c1-4-12-8(11)7(6(3)10)15-9(14)13-5-2/h7H,4-5H2,1-3H3/t7-/m1/s1. The van der Waals surface area contributed by atoms with Crippen molar-refractivity contribution in [2.24, 2.45) is 0 Å². The van der Waals surface area contributed by atoms with Crippen molar-refractivity contribution >= 4 is 40.1 Å². The summed E-state index contributed by atoms with van der Waals surface area (Å²) in [7, 11) is 0. The Morgan fingerprint density at radius 2 is 1.80 bits per heavy atom. The number of hydrogen-bond acceptors (Lipinski definition) is 6. The number of rotatable bonds is 5. The number of thioether (sulfide) groups is 1. The maximum absolute atomic E-state index is 11.3. The molecule has 0 aliphatic rings. The van der Waals surface area contributed by atoms with Crippen LogP contribution in [-0.4, -0.2) is 34.6 Å². The van der Waals surface area contributed by atoms with Crippen LogP contribution in [0.1, 0.15) is 20.8 Å². The lowest BCUT2D eigenvalue weighted by Crippen LogP contribution is -2.28. The van der Waals surface area contributed by atoms with Gasteiger partial charge in [-0.1, -0.05) is 11.8 Å². The molecule has 1 atom stereocenters. The molecule has 0 N–H and O–H groups in total. The number of carbonyl (C=O) groups excluding carboxylic acids is 2. The molecule has 0 amide bonds. The molecule has 0 rings (SSSR count). The van der Waals surface area contributed by atoms with Gasteiger partial charge in [-0.15, -0.1) is 0 Å². The first-order valence-corrected chi connectivity index (χ1v) is 5.82. The molecule has 4 nitrogen and oxygen atoms in total. The van der Waals surface area contributed by atoms with E-state index in [1.807, 2.05) is 0 Å². The number of thiocarbonyl (C=S) groups is 1. The number of carbonyl (C=O) groups is 2. The molecular weight excluding hydrogens is 236 g/mol. The lowest BCUT2D eigenvalue weighted by atomic mass is 10.3. The van der Waals surface area contributed by atoms with Crippen LogP contribution in [0.4, 0.5) is 0 Å². The second-order valence-corrected chi connectivity index (χ2v) is 4.25. The highest BCUT2D eigenvalue weighted by atomic mass is 32.2. The third-order valence-electron chi connectivity index (χ3n) is 1.35. The molecular formula is C9H14O4S2. The molecule has 0 radical (unpaired) electrons. The van der Waals surface area contributed by atoms with E-state index in [2.05, 4.69) is 0 Å². The lowest BCUT2D eigenvalue weighted by Gasteiger charge is -2.12. The van der Waals surface area contributed by atoms with Crippen LogP contribution in [0.15, 0.2) is 0 Å². The van der Waals surface area contributed by atoms with Crippen LogP contribution in [0.2, 0.25) is 0 Å². The van der Waals surface area contributed by atoms with Gasteiger partial charge in [-0.3, -0.25) is 9.59 Å². The Hall–Kier alpha value is -0.620. The van der Waals surface area contributed by atoms with Gasteiger partial charge in [0.1, 0.15) is 0 Å². The van der Waals surface area contributed by atoms with Crippen LogP contribution in [0.3, 0.4) is 0 Å². The molecule has 0 heterocycles. The van der Waals surface area contributed by atoms with Crippen molar-refractivity contribution in [1.29, 1.82) is 0 Å². The zero-order valence-corrected chi connectivity index (χ0v) is 10.6. The van der Waals surface area contributed by atoms with E-state index in [9.17, 15) is 9.59 Å². The summed E-state index contributed by atoms with van der Waals surface area (Å²) in [5.41, 5.74) is 0. The van der Waals surface area contributed by atoms with Crippen molar-refractivity contribution in [2.45, 2.75) is 26.0 Å². The van der Waals surface area contributed by atoms with E-state index in [-0.39, 0.29) is 16.8 Å². The maximum Gasteiger partial charge on any atom is 0.327 e. The van der Waals surface area contributed by atoms with Crippen LogP contribution >= 0.6 is 24.0 Å². The van der Waals surface area contributed by atoms with E-state index in [4.69, 9.17) is 21.7 Å². The molecule has 0 spiro atoms. The summed E-state index contributed by atoms with van der Waals surface area (Å²) in [4.78, 5) is 22.5. The average molecular weight is 250 g/mol. The minimum atomic E-state index is -0.913. The Morgan fingerprint density at radius 1 is 1.27 bits per heavy atom. The molecule has 0 unspecified atom stereocenters. The lowest BCUT2D eigenvalue weighted by molar-refractivity contribution is -0.144. The number of Topliss-reactive ketones (excluding diaryl/α,β-unsaturated/α-hetero) is 1. The van der Waals surface area contributed by atoms with E-state index in [1.165, 1.54) is 6.92 Å². The zero-order chi connectivity index (χ0) is 11.8. The predicted octanol–water partition coefficient (Wildman–Crippen LogP) is 1.56. The summed E-state index contributed by atoms with van der Waals surface area (Å²) in [6, 6.07) is 0. The van der Waals surface area contributed by atoms with E-state index in [0.717, 1.165) is 11.8 Å². The minimum Gasteiger partial charge on any atom is -0.479 e. The number of esters is 1. The Kier molecular flexibility index (Phi) is 7.33. The van der Waals surface area contributed by atoms with Crippen LogP contribution < -0.4 is 0 Å². The van der Waals surface area contributed by atoms with E-state index < -0.39 is 11.2 Å². The van der Waals surface area contributed by atoms with Crippen molar-refractivity contribution in [3.63, 3.8) is 0 Å². The summed E-state index contributed by atoms with van der Waals surface area (Å²) in [6.07, 6.45) is 0. The average Bonchev–Trinajstić information content (AvgIpc) is 2.14. The van der Waals surface area contributed by atoms with Crippen molar-refractivity contribution in [3.05, 3.63) is 0 Å². The Morgan fingerprint density at radius 3 is 2.20 bits per heavy atom. The molecule has 0 aromatic heterocycles. The van der Waals surface area contributed by atoms with Gasteiger partial charge in [0.25, 0.3) is 0 Å². The molecule has 0 bridgehead atoms. The number of hydrogen-bond donors (Lipinski definition) is 0. The Balaban J connectivity index is 4.34. The first-order valence-electron chi connectivity index (χ1n) is 4.53. The second kappa shape index (κ2) is 7.64. The number of ketones is 1. The molecule has 0 saturated carbocycles. The summed E-state index contributed by atoms with van der Waals surface area (Å²) >= 11 is 5.74. The molecule has 6 heteroatoms. The van der Waals surface area contributed by atoms with Crippen LogP contribution in [0.25, 0.3) is 0 Å². The highest BCUT2D eigenvalue weighted by molar-refractivity contribution is 8.23. The van der Waals surface area contributed by atoms with Crippen molar-refractivity contribution < 1.29 is 19.1 Å². The third-order valence-corrected chi connectivity index (χ3v) is 2.82. The summed E-state index contributed by atoms with van der Waals surface area (Å²) in [5.74, 6) is -0.863. The first kappa shape index (κ1) is 14.4. The summed E-state index contributed by atoms with van der Waals surface area (Å²) < 4.78 is 9.92. The van der Waals surface area contributed by atoms with E-state index in [0.29, 0.717) is 6.61 Å². The minimum absolute atomic E-state index is 0.186. The van der Waals surface area contributed by atoms with E-state index in [1.54, 1.807) is 13.8 Å². The van der Waals surface area contributed by atoms with Gasteiger partial charge in [-0.2, -0.15) is 0 Å². The summed E-state index contributed by atoms with van der Waals surface area (Å²) in [5, 5.41) is -0.913. The highest BCUT2D eigenvalue weighted by Crippen LogP contribution is 2.17. The predicted molar refractivity (Wildman–Crippen MR) is 62.9 cm³/mol. The SMILES string of the molecule is CCOC(=O)[C@H](SC(=S)OCC)C(C)=O. The Bertz CT molecular complexity index is 252. The first-order chi connectivity index (χ1) is 7.02. The molecule has 0 aliphatic carbocycles. The largest absolute Gasteiger partial charge is 0.479 e. The highest BCUT2D eigenvalue weighted by Gasteiger charge is 2.27. The molecule has 0 saturated heterocycles. The molecule has 0 aromatic carbocycles. The fourth-order valence-corrected chi connectivity index (χ4v) is 1.88. The second-order valence-electron chi connectivity index (χ2n) is 2.54. The van der Waals surface area contributed by atoms with Gasteiger partial charge in [0, 0.05) is 0 Å². The topological polar surface area (TPSA) is 52.6 Å². The fraction of sp³-hybridized carbons (Fsp3) is 0.667. The van der Waals surface area contributed by atoms with Gasteiger partial charge in [-0.05, 0) is 33.0 Å². The van der Waals surface area contributed by atoms with Crippen LogP contribution in [0, 0.1) is 0 Å². The molecule has 86 valence electrons. The van der Waals surface area contributed by atoms with Gasteiger partial charge >= 0.3 is 5.97 Å². The van der Waals surface area contributed by atoms with Crippen molar-refractivity contribution in [3.8, 4) is 0 Å². The van der Waals surface area contributed by atoms with Crippen LogP contribution in [0.5, 0.6) is 0 Å². The zero-order valence-electron chi connectivity index (χ0n) is 8.94. The molecule has 0 aromatic rings. The fourth-order valence-electron chi connectivity index (χ4n) is 0.763. The van der Waals surface area contributed by atoms with Gasteiger partial charge in [0.05, 0.1) is 13.2 Å². The summed E-state index contributed by atoms with van der Waals surface area (Å²) in [6.45, 7) is 5.44. The quantitative estimate of drug-likeness (QED) is 0.419. The van der Waals surface area contributed by atoms with Gasteiger partial charge in [-0.25, -0.2) is 0 Å². The Labute approximate surface area is 98.7 Å².